The number of amides is 2. The maximum atomic E-state index is 12.1. The van der Waals surface area contributed by atoms with Gasteiger partial charge in [-0.1, -0.05) is 12.1 Å². The molecule has 0 radical (unpaired) electrons. The Hall–Kier alpha value is -2.78. The highest BCUT2D eigenvalue weighted by Gasteiger charge is 2.32. The molecule has 2 aliphatic rings. The van der Waals surface area contributed by atoms with E-state index in [9.17, 15) is 19.8 Å². The molecule has 0 bridgehead atoms. The van der Waals surface area contributed by atoms with Crippen LogP contribution in [0.25, 0.3) is 0 Å². The number of aromatic hydroxyl groups is 2. The Bertz CT molecular complexity index is 950. The van der Waals surface area contributed by atoms with Gasteiger partial charge >= 0.3 is 6.09 Å². The number of hydrogen-bond acceptors (Lipinski definition) is 6. The summed E-state index contributed by atoms with van der Waals surface area (Å²) in [7, 11) is 0. The van der Waals surface area contributed by atoms with Crippen LogP contribution >= 0.6 is 17.0 Å². The monoisotopic (exact) mass is 477 g/mol. The van der Waals surface area contributed by atoms with Gasteiger partial charge < -0.3 is 25.6 Å². The highest BCUT2D eigenvalue weighted by Crippen LogP contribution is 2.34. The third-order valence-electron chi connectivity index (χ3n) is 5.32. The molecule has 2 heterocycles. The number of nitrogens with one attached hydrogen (secondary N) is 2. The molecule has 2 aromatic carbocycles. The van der Waals surface area contributed by atoms with E-state index in [1.54, 1.807) is 17.0 Å². The minimum absolute atomic E-state index is 0. The fourth-order valence-corrected chi connectivity index (χ4v) is 3.76. The molecule has 1 fully saturated rings. The maximum Gasteiger partial charge on any atom is 0.414 e. The zero-order valence-corrected chi connectivity index (χ0v) is 18.1. The van der Waals surface area contributed by atoms with Gasteiger partial charge in [0.2, 0.25) is 5.91 Å². The summed E-state index contributed by atoms with van der Waals surface area (Å²) in [5, 5.41) is 25.5. The number of anilines is 1. The number of phenols is 2. The topological polar surface area (TPSA) is 111 Å². The van der Waals surface area contributed by atoms with Gasteiger partial charge in [0.15, 0.2) is 11.5 Å². The molecule has 30 heavy (non-hydrogen) atoms. The van der Waals surface area contributed by atoms with E-state index >= 15 is 0 Å². The lowest BCUT2D eigenvalue weighted by Crippen LogP contribution is -2.33. The van der Waals surface area contributed by atoms with E-state index in [1.165, 1.54) is 6.92 Å². The van der Waals surface area contributed by atoms with Crippen molar-refractivity contribution in [2.45, 2.75) is 32.0 Å². The molecule has 2 aliphatic heterocycles. The average molecular weight is 478 g/mol. The molecular formula is C21H24BrN3O5. The number of phenolic OH excluding ortho intramolecular Hbond substituents is 2. The molecule has 1 saturated heterocycles. The SMILES string of the molecule is Br.CC(=O)NC[C@H]1CN(c2ccc(C3Cc4cc(O)c(O)cc4CN3)cc2)C(=O)O1. The maximum absolute atomic E-state index is 12.1. The van der Waals surface area contributed by atoms with Crippen LogP contribution in [0, 0.1) is 0 Å². The number of rotatable bonds is 4. The number of fused-ring (bicyclic) bond motifs is 1. The van der Waals surface area contributed by atoms with Crippen LogP contribution in [-0.2, 0) is 22.5 Å². The molecule has 4 rings (SSSR count). The number of nitrogens with zero attached hydrogens (tertiary/aromatic N) is 1. The third-order valence-corrected chi connectivity index (χ3v) is 5.32. The molecule has 4 N–H and O–H groups in total. The number of ether oxygens (including phenoxy) is 1. The van der Waals surface area contributed by atoms with Crippen LogP contribution in [-0.4, -0.2) is 41.4 Å². The van der Waals surface area contributed by atoms with Crippen molar-refractivity contribution >= 4 is 34.7 Å². The number of carbonyl (C=O) groups is 2. The van der Waals surface area contributed by atoms with E-state index in [4.69, 9.17) is 4.74 Å². The van der Waals surface area contributed by atoms with Gasteiger partial charge in [0.1, 0.15) is 6.10 Å². The summed E-state index contributed by atoms with van der Waals surface area (Å²) >= 11 is 0. The van der Waals surface area contributed by atoms with E-state index < -0.39 is 6.09 Å². The number of halogens is 1. The van der Waals surface area contributed by atoms with Crippen molar-refractivity contribution in [3.05, 3.63) is 53.1 Å². The summed E-state index contributed by atoms with van der Waals surface area (Å²) in [6.45, 7) is 2.70. The quantitative estimate of drug-likeness (QED) is 0.503. The first-order chi connectivity index (χ1) is 13.9. The Balaban J connectivity index is 0.00000256. The molecule has 0 saturated carbocycles. The van der Waals surface area contributed by atoms with Crippen LogP contribution in [0.5, 0.6) is 11.5 Å². The van der Waals surface area contributed by atoms with Gasteiger partial charge in [-0.05, 0) is 47.4 Å². The zero-order valence-electron chi connectivity index (χ0n) is 16.4. The summed E-state index contributed by atoms with van der Waals surface area (Å²) in [4.78, 5) is 24.7. The van der Waals surface area contributed by atoms with Gasteiger partial charge in [-0.3, -0.25) is 9.69 Å². The first-order valence-corrected chi connectivity index (χ1v) is 9.50. The molecule has 0 spiro atoms. The second-order valence-corrected chi connectivity index (χ2v) is 7.39. The first kappa shape index (κ1) is 21.9. The average Bonchev–Trinajstić information content (AvgIpc) is 3.08. The van der Waals surface area contributed by atoms with E-state index in [1.807, 2.05) is 24.3 Å². The summed E-state index contributed by atoms with van der Waals surface area (Å²) < 4.78 is 5.30. The Kier molecular flexibility index (Phi) is 6.52. The van der Waals surface area contributed by atoms with Gasteiger partial charge in [-0.2, -0.15) is 0 Å². The van der Waals surface area contributed by atoms with Crippen molar-refractivity contribution in [1.29, 1.82) is 0 Å². The third kappa shape index (κ3) is 4.52. The highest BCUT2D eigenvalue weighted by atomic mass is 79.9. The molecule has 9 heteroatoms. The fraction of sp³-hybridized carbons (Fsp3) is 0.333. The van der Waals surface area contributed by atoms with Crippen LogP contribution in [0.3, 0.4) is 0 Å². The van der Waals surface area contributed by atoms with Gasteiger partial charge in [0.05, 0.1) is 13.1 Å². The minimum atomic E-state index is -0.423. The van der Waals surface area contributed by atoms with Crippen molar-refractivity contribution in [3.8, 4) is 11.5 Å². The fourth-order valence-electron chi connectivity index (χ4n) is 3.76. The van der Waals surface area contributed by atoms with Crippen LogP contribution < -0.4 is 15.5 Å². The molecule has 0 aromatic heterocycles. The smallest absolute Gasteiger partial charge is 0.414 e. The van der Waals surface area contributed by atoms with Gasteiger partial charge in [0, 0.05) is 25.2 Å². The molecular weight excluding hydrogens is 454 g/mol. The van der Waals surface area contributed by atoms with E-state index in [-0.39, 0.29) is 46.5 Å². The number of benzene rings is 2. The van der Waals surface area contributed by atoms with Crippen LogP contribution in [0.15, 0.2) is 36.4 Å². The lowest BCUT2D eigenvalue weighted by atomic mass is 9.91. The van der Waals surface area contributed by atoms with Crippen LogP contribution in [0.1, 0.15) is 29.7 Å². The van der Waals surface area contributed by atoms with Gasteiger partial charge in [-0.25, -0.2) is 4.79 Å². The Morgan fingerprint density at radius 3 is 2.53 bits per heavy atom. The van der Waals surface area contributed by atoms with Crippen molar-refractivity contribution in [1.82, 2.24) is 10.6 Å². The van der Waals surface area contributed by atoms with E-state index in [0.29, 0.717) is 26.1 Å². The lowest BCUT2D eigenvalue weighted by molar-refractivity contribution is -0.119. The van der Waals surface area contributed by atoms with Crippen molar-refractivity contribution < 1.29 is 24.5 Å². The molecule has 1 unspecified atom stereocenters. The molecule has 8 nitrogen and oxygen atoms in total. The van der Waals surface area contributed by atoms with E-state index in [0.717, 1.165) is 22.4 Å². The second-order valence-electron chi connectivity index (χ2n) is 7.39. The van der Waals surface area contributed by atoms with Crippen molar-refractivity contribution in [2.75, 3.05) is 18.0 Å². The van der Waals surface area contributed by atoms with Crippen LogP contribution in [0.2, 0.25) is 0 Å². The summed E-state index contributed by atoms with van der Waals surface area (Å²) in [6, 6.07) is 11.0. The minimum Gasteiger partial charge on any atom is -0.504 e. The first-order valence-electron chi connectivity index (χ1n) is 9.50. The standard InChI is InChI=1S/C21H23N3O5.BrH/c1-12(25)22-10-17-11-24(21(28)29-17)16-4-2-13(3-5-16)18-6-14-7-19(26)20(27)8-15(14)9-23-18;/h2-5,7-8,17-18,23,26-27H,6,9-11H2,1H3,(H,22,25);1H/t17-,18?;/m0./s1. The summed E-state index contributed by atoms with van der Waals surface area (Å²) in [5.41, 5.74) is 3.77. The number of cyclic esters (lactones) is 1. The largest absolute Gasteiger partial charge is 0.504 e. The second kappa shape index (κ2) is 8.93. The summed E-state index contributed by atoms with van der Waals surface area (Å²) in [5.74, 6) is -0.377. The number of hydrogen-bond donors (Lipinski definition) is 4. The van der Waals surface area contributed by atoms with Crippen LogP contribution in [0.4, 0.5) is 10.5 Å². The van der Waals surface area contributed by atoms with Crippen molar-refractivity contribution in [3.63, 3.8) is 0 Å². The molecule has 2 amide bonds. The van der Waals surface area contributed by atoms with E-state index in [2.05, 4.69) is 10.6 Å². The predicted octanol–water partition coefficient (Wildman–Crippen LogP) is 2.52. The lowest BCUT2D eigenvalue weighted by Gasteiger charge is -2.27. The zero-order chi connectivity index (χ0) is 20.5. The molecule has 2 atom stereocenters. The van der Waals surface area contributed by atoms with Gasteiger partial charge in [-0.15, -0.1) is 17.0 Å². The predicted molar refractivity (Wildman–Crippen MR) is 116 cm³/mol. The van der Waals surface area contributed by atoms with Gasteiger partial charge in [0.25, 0.3) is 0 Å². The number of carbonyl (C=O) groups excluding carboxylic acids is 2. The normalized spacial score (nSPS) is 20.2. The Morgan fingerprint density at radius 2 is 1.87 bits per heavy atom. The Labute approximate surface area is 184 Å². The molecule has 0 aliphatic carbocycles. The molecule has 160 valence electrons. The molecule has 2 aromatic rings. The summed E-state index contributed by atoms with van der Waals surface area (Å²) in [6.07, 6.45) is -0.104. The van der Waals surface area contributed by atoms with Crippen molar-refractivity contribution in [2.24, 2.45) is 0 Å². The Morgan fingerprint density at radius 1 is 1.20 bits per heavy atom. The highest BCUT2D eigenvalue weighted by molar-refractivity contribution is 8.93.